The number of nitrogens with zero attached hydrogens (tertiary/aromatic N) is 2. The molecule has 2 heterocycles. The highest BCUT2D eigenvalue weighted by atomic mass is 19.1. The van der Waals surface area contributed by atoms with Crippen LogP contribution >= 0.6 is 0 Å². The van der Waals surface area contributed by atoms with E-state index in [2.05, 4.69) is 21.8 Å². The molecule has 0 saturated carbocycles. The minimum Gasteiger partial charge on any atom is -0.382 e. The lowest BCUT2D eigenvalue weighted by Crippen LogP contribution is -1.95. The number of nitrogen functional groups attached to an aromatic ring is 1. The average Bonchev–Trinajstić information content (AvgIpc) is 2.61. The minimum absolute atomic E-state index is 0.276. The Bertz CT molecular complexity index is 1120. The quantitative estimate of drug-likeness (QED) is 0.395. The molecular formula is C20H12FN3. The van der Waals surface area contributed by atoms with Crippen LogP contribution in [-0.4, -0.2) is 9.97 Å². The van der Waals surface area contributed by atoms with Crippen LogP contribution < -0.4 is 5.73 Å². The zero-order valence-corrected chi connectivity index (χ0v) is 12.6. The molecular weight excluding hydrogens is 301 g/mol. The first-order chi connectivity index (χ1) is 11.7. The molecule has 4 heteroatoms. The van der Waals surface area contributed by atoms with Gasteiger partial charge in [0.1, 0.15) is 11.3 Å². The van der Waals surface area contributed by atoms with Crippen molar-refractivity contribution in [2.45, 2.75) is 0 Å². The predicted octanol–water partition coefficient (Wildman–Crippen LogP) is 3.90. The van der Waals surface area contributed by atoms with E-state index >= 15 is 0 Å². The summed E-state index contributed by atoms with van der Waals surface area (Å²) in [7, 11) is 0. The minimum atomic E-state index is -0.276. The zero-order valence-electron chi connectivity index (χ0n) is 12.6. The lowest BCUT2D eigenvalue weighted by molar-refractivity contribution is 0.627. The van der Waals surface area contributed by atoms with Crippen LogP contribution in [0.2, 0.25) is 0 Å². The Labute approximate surface area is 138 Å². The molecule has 0 unspecified atom stereocenters. The largest absolute Gasteiger partial charge is 0.382 e. The van der Waals surface area contributed by atoms with Crippen LogP contribution in [0.4, 0.5) is 10.2 Å². The third-order valence-corrected chi connectivity index (χ3v) is 3.76. The summed E-state index contributed by atoms with van der Waals surface area (Å²) in [6.45, 7) is 0. The first-order valence-corrected chi connectivity index (χ1v) is 7.42. The first kappa shape index (κ1) is 14.2. The Morgan fingerprint density at radius 2 is 1.62 bits per heavy atom. The summed E-state index contributed by atoms with van der Waals surface area (Å²) in [5, 5.41) is 1.91. The van der Waals surface area contributed by atoms with Gasteiger partial charge in [0.2, 0.25) is 0 Å². The molecule has 0 atom stereocenters. The number of hydrogen-bond donors (Lipinski definition) is 1. The van der Waals surface area contributed by atoms with E-state index in [1.807, 2.05) is 30.3 Å². The molecule has 0 radical (unpaired) electrons. The molecule has 0 aliphatic carbocycles. The van der Waals surface area contributed by atoms with Gasteiger partial charge in [-0.25, -0.2) is 9.37 Å². The zero-order chi connectivity index (χ0) is 16.5. The van der Waals surface area contributed by atoms with Gasteiger partial charge in [0.05, 0.1) is 5.52 Å². The number of nitrogens with two attached hydrogens (primary N) is 1. The van der Waals surface area contributed by atoms with E-state index in [1.165, 1.54) is 12.1 Å². The van der Waals surface area contributed by atoms with Crippen molar-refractivity contribution in [2.24, 2.45) is 0 Å². The van der Waals surface area contributed by atoms with E-state index in [1.54, 1.807) is 18.3 Å². The molecule has 0 saturated heterocycles. The van der Waals surface area contributed by atoms with Gasteiger partial charge in [-0.3, -0.25) is 4.98 Å². The number of hydrogen-bond acceptors (Lipinski definition) is 3. The van der Waals surface area contributed by atoms with Gasteiger partial charge >= 0.3 is 0 Å². The highest BCUT2D eigenvalue weighted by Gasteiger charge is 2.07. The summed E-state index contributed by atoms with van der Waals surface area (Å²) in [5.41, 5.74) is 9.01. The molecule has 2 aromatic carbocycles. The van der Waals surface area contributed by atoms with Crippen molar-refractivity contribution in [1.29, 1.82) is 0 Å². The van der Waals surface area contributed by atoms with Crippen molar-refractivity contribution in [3.8, 4) is 11.8 Å². The number of pyridine rings is 2. The molecule has 2 aromatic heterocycles. The maximum absolute atomic E-state index is 12.9. The Morgan fingerprint density at radius 1 is 0.875 bits per heavy atom. The molecule has 24 heavy (non-hydrogen) atoms. The van der Waals surface area contributed by atoms with Crippen molar-refractivity contribution in [3.05, 3.63) is 77.7 Å². The van der Waals surface area contributed by atoms with Gasteiger partial charge in [-0.15, -0.1) is 0 Å². The number of anilines is 1. The molecule has 0 fully saturated rings. The molecule has 2 N–H and O–H groups in total. The summed E-state index contributed by atoms with van der Waals surface area (Å²) in [4.78, 5) is 8.79. The van der Waals surface area contributed by atoms with Crippen molar-refractivity contribution in [3.63, 3.8) is 0 Å². The van der Waals surface area contributed by atoms with Gasteiger partial charge < -0.3 is 5.73 Å². The highest BCUT2D eigenvalue weighted by molar-refractivity contribution is 6.08. The Hall–Kier alpha value is -3.45. The van der Waals surface area contributed by atoms with Gasteiger partial charge in [0.15, 0.2) is 5.82 Å². The SMILES string of the molecule is Nc1nc2ccccc2c2cc(C#Cc3ccc(F)cc3)cnc12. The third-order valence-electron chi connectivity index (χ3n) is 3.76. The number of para-hydroxylation sites is 1. The smallest absolute Gasteiger partial charge is 0.150 e. The molecule has 0 aliphatic heterocycles. The number of aromatic nitrogens is 2. The van der Waals surface area contributed by atoms with Crippen molar-refractivity contribution in [2.75, 3.05) is 5.73 Å². The van der Waals surface area contributed by atoms with Crippen molar-refractivity contribution < 1.29 is 4.39 Å². The Kier molecular flexibility index (Phi) is 3.33. The summed E-state index contributed by atoms with van der Waals surface area (Å²) >= 11 is 0. The average molecular weight is 313 g/mol. The van der Waals surface area contributed by atoms with Gasteiger partial charge in [-0.2, -0.15) is 0 Å². The summed E-state index contributed by atoms with van der Waals surface area (Å²) in [5.74, 6) is 6.20. The van der Waals surface area contributed by atoms with Crippen LogP contribution in [0, 0.1) is 17.7 Å². The fourth-order valence-corrected chi connectivity index (χ4v) is 2.60. The van der Waals surface area contributed by atoms with E-state index < -0.39 is 0 Å². The van der Waals surface area contributed by atoms with Crippen LogP contribution in [0.5, 0.6) is 0 Å². The third kappa shape index (κ3) is 2.53. The van der Waals surface area contributed by atoms with Gasteiger partial charge in [0.25, 0.3) is 0 Å². The molecule has 4 rings (SSSR count). The van der Waals surface area contributed by atoms with E-state index in [0.717, 1.165) is 27.4 Å². The molecule has 0 bridgehead atoms. The van der Waals surface area contributed by atoms with Crippen LogP contribution in [-0.2, 0) is 0 Å². The second-order valence-corrected chi connectivity index (χ2v) is 5.39. The van der Waals surface area contributed by atoms with E-state index in [4.69, 9.17) is 5.73 Å². The maximum Gasteiger partial charge on any atom is 0.150 e. The maximum atomic E-state index is 12.9. The molecule has 4 aromatic rings. The van der Waals surface area contributed by atoms with Crippen LogP contribution in [0.25, 0.3) is 21.8 Å². The Morgan fingerprint density at radius 3 is 2.46 bits per heavy atom. The molecule has 0 aliphatic rings. The fourth-order valence-electron chi connectivity index (χ4n) is 2.60. The van der Waals surface area contributed by atoms with E-state index in [-0.39, 0.29) is 5.82 Å². The predicted molar refractivity (Wildman–Crippen MR) is 93.8 cm³/mol. The Balaban J connectivity index is 1.86. The molecule has 114 valence electrons. The summed E-state index contributed by atoms with van der Waals surface area (Å²) in [6.07, 6.45) is 1.67. The normalized spacial score (nSPS) is 10.5. The van der Waals surface area contributed by atoms with Crippen molar-refractivity contribution >= 4 is 27.6 Å². The first-order valence-electron chi connectivity index (χ1n) is 7.42. The standard InChI is InChI=1S/C20H12FN3/c21-15-9-7-13(8-10-15)5-6-14-11-17-16-3-1-2-4-18(16)24-20(22)19(17)23-12-14/h1-4,7-12H,(H2,22,24). The second-order valence-electron chi connectivity index (χ2n) is 5.39. The topological polar surface area (TPSA) is 51.8 Å². The second kappa shape index (κ2) is 5.64. The molecule has 0 amide bonds. The monoisotopic (exact) mass is 313 g/mol. The van der Waals surface area contributed by atoms with Crippen LogP contribution in [0.1, 0.15) is 11.1 Å². The van der Waals surface area contributed by atoms with E-state index in [0.29, 0.717) is 11.3 Å². The van der Waals surface area contributed by atoms with Gasteiger partial charge in [0, 0.05) is 28.1 Å². The lowest BCUT2D eigenvalue weighted by Gasteiger charge is -2.05. The number of fused-ring (bicyclic) bond motifs is 3. The van der Waals surface area contributed by atoms with Gasteiger partial charge in [-0.05, 0) is 36.4 Å². The lowest BCUT2D eigenvalue weighted by atomic mass is 10.1. The number of halogens is 1. The fraction of sp³-hybridized carbons (Fsp3) is 0. The summed E-state index contributed by atoms with van der Waals surface area (Å²) < 4.78 is 12.9. The number of rotatable bonds is 0. The van der Waals surface area contributed by atoms with Crippen molar-refractivity contribution in [1.82, 2.24) is 9.97 Å². The van der Waals surface area contributed by atoms with Gasteiger partial charge in [-0.1, -0.05) is 30.0 Å². The van der Waals surface area contributed by atoms with Crippen LogP contribution in [0.15, 0.2) is 60.8 Å². The van der Waals surface area contributed by atoms with E-state index in [9.17, 15) is 4.39 Å². The summed E-state index contributed by atoms with van der Waals surface area (Å²) in [6, 6.07) is 15.8. The van der Waals surface area contributed by atoms with Crippen LogP contribution in [0.3, 0.4) is 0 Å². The number of benzene rings is 2. The highest BCUT2D eigenvalue weighted by Crippen LogP contribution is 2.26. The molecule has 3 nitrogen and oxygen atoms in total. The molecule has 0 spiro atoms.